The Morgan fingerprint density at radius 2 is 0.704 bits per heavy atom. The van der Waals surface area contributed by atoms with Crippen LogP contribution in [0.25, 0.3) is 40.3 Å². The number of rotatable bonds is 17. The van der Waals surface area contributed by atoms with Crippen molar-refractivity contribution >= 4 is 86.2 Å². The molecule has 0 spiro atoms. The van der Waals surface area contributed by atoms with E-state index >= 15 is 0 Å². The maximum atomic E-state index is 13.5. The van der Waals surface area contributed by atoms with Gasteiger partial charge in [-0.05, 0) is 97.5 Å². The molecule has 0 fully saturated rings. The molecule has 8 heteroatoms. The molecule has 0 unspecified atom stereocenters. The summed E-state index contributed by atoms with van der Waals surface area (Å²) >= 11 is 2.98. The second-order valence-electron chi connectivity index (χ2n) is 15.2. The third-order valence-corrected chi connectivity index (χ3v) is 12.2. The summed E-state index contributed by atoms with van der Waals surface area (Å²) in [6.07, 6.45) is 6.87. The van der Waals surface area contributed by atoms with Crippen LogP contribution in [0.5, 0.6) is 0 Å². The first-order valence-corrected chi connectivity index (χ1v) is 20.7. The number of carbonyl (C=O) groups excluding carboxylic acids is 4. The highest BCUT2D eigenvalue weighted by Gasteiger charge is 2.16. The Labute approximate surface area is 323 Å². The third-order valence-electron chi connectivity index (χ3n) is 9.87. The lowest BCUT2D eigenvalue weighted by Crippen LogP contribution is -2.07. The number of hydrogen-bond donors (Lipinski definition) is 0. The number of carbonyl (C=O) groups is 4. The van der Waals surface area contributed by atoms with Crippen molar-refractivity contribution in [3.8, 4) is 0 Å². The Balaban J connectivity index is 0.980. The van der Waals surface area contributed by atoms with Crippen molar-refractivity contribution in [3.63, 3.8) is 0 Å². The predicted octanol–water partition coefficient (Wildman–Crippen LogP) is 11.8. The van der Waals surface area contributed by atoms with E-state index in [4.69, 9.17) is 0 Å². The Bertz CT molecular complexity index is 2360. The second-order valence-corrected chi connectivity index (χ2v) is 17.4. The molecule has 54 heavy (non-hydrogen) atoms. The molecule has 0 aliphatic rings. The normalized spacial score (nSPS) is 11.7. The highest BCUT2D eigenvalue weighted by Crippen LogP contribution is 2.29. The lowest BCUT2D eigenvalue weighted by Gasteiger charge is -2.07. The highest BCUT2D eigenvalue weighted by atomic mass is 32.1. The molecule has 0 aliphatic heterocycles. The fourth-order valence-corrected chi connectivity index (χ4v) is 9.02. The van der Waals surface area contributed by atoms with Crippen LogP contribution in [0.3, 0.4) is 0 Å². The van der Waals surface area contributed by atoms with Crippen molar-refractivity contribution < 1.29 is 19.2 Å². The van der Waals surface area contributed by atoms with Gasteiger partial charge in [0.25, 0.3) is 0 Å². The van der Waals surface area contributed by atoms with Crippen LogP contribution in [0.1, 0.15) is 133 Å². The van der Waals surface area contributed by atoms with Crippen LogP contribution in [0, 0.1) is 11.8 Å². The molecule has 6 aromatic rings. The summed E-state index contributed by atoms with van der Waals surface area (Å²) in [4.78, 5) is 78.4. The molecule has 0 atom stereocenters. The number of fused-ring (bicyclic) bond motifs is 4. The minimum absolute atomic E-state index is 0.0123. The van der Waals surface area contributed by atoms with Gasteiger partial charge >= 0.3 is 0 Å². The number of unbranched alkanes of at least 4 members (excludes halogenated alkanes) is 5. The molecule has 0 N–H and O–H groups in total. The molecule has 278 valence electrons. The van der Waals surface area contributed by atoms with Gasteiger partial charge in [0.1, 0.15) is 0 Å². The largest absolute Gasteiger partial charge is 0.294 e. The van der Waals surface area contributed by atoms with Crippen LogP contribution < -0.4 is 10.9 Å². The summed E-state index contributed by atoms with van der Waals surface area (Å²) in [6, 6.07) is 21.4. The Kier molecular flexibility index (Phi) is 12.4. The average molecular weight is 759 g/mol. The summed E-state index contributed by atoms with van der Waals surface area (Å²) in [6.45, 7) is 7.98. The highest BCUT2D eigenvalue weighted by molar-refractivity contribution is 7.25. The third kappa shape index (κ3) is 8.99. The molecular formula is C46H46O6S2. The Hall–Kier alpha value is -4.66. The van der Waals surface area contributed by atoms with Crippen LogP contribution in [0.2, 0.25) is 0 Å². The molecule has 0 aliphatic carbocycles. The minimum Gasteiger partial charge on any atom is -0.294 e. The van der Waals surface area contributed by atoms with Crippen molar-refractivity contribution in [2.75, 3.05) is 0 Å². The summed E-state index contributed by atoms with van der Waals surface area (Å²) < 4.78 is 3.28. The van der Waals surface area contributed by atoms with Crippen LogP contribution in [0.4, 0.5) is 0 Å². The van der Waals surface area contributed by atoms with E-state index in [0.29, 0.717) is 69.5 Å². The molecule has 0 bridgehead atoms. The first-order chi connectivity index (χ1) is 25.9. The van der Waals surface area contributed by atoms with Gasteiger partial charge < -0.3 is 0 Å². The van der Waals surface area contributed by atoms with Gasteiger partial charge in [-0.1, -0.05) is 53.4 Å². The van der Waals surface area contributed by atoms with Gasteiger partial charge in [0.15, 0.2) is 34.0 Å². The topological polar surface area (TPSA) is 102 Å². The minimum atomic E-state index is -0.152. The van der Waals surface area contributed by atoms with Crippen LogP contribution in [-0.4, -0.2) is 23.1 Å². The standard InChI is InChI=1S/C46H46O6S2/c1-27(2)21-39(49)31-15-19-43-35(25-31)45(51)33-23-29(13-17-41(33)53-43)37(47)11-9-7-5-6-8-10-12-38(48)30-14-18-42-34(24-30)46(52)36-26-32(16-20-44(36)54-42)40(50)22-28(3)4/h13-20,23-28H,5-12,21-22H2,1-4H3. The van der Waals surface area contributed by atoms with Crippen LogP contribution in [0.15, 0.2) is 82.4 Å². The molecule has 0 radical (unpaired) electrons. The molecule has 0 saturated heterocycles. The zero-order chi connectivity index (χ0) is 38.5. The predicted molar refractivity (Wildman–Crippen MR) is 224 cm³/mol. The summed E-state index contributed by atoms with van der Waals surface area (Å²) in [5.41, 5.74) is 1.85. The fourth-order valence-electron chi connectivity index (χ4n) is 6.95. The molecule has 2 heterocycles. The molecular weight excluding hydrogens is 713 g/mol. The number of ketones is 4. The van der Waals surface area contributed by atoms with Crippen molar-refractivity contribution in [2.45, 2.75) is 91.9 Å². The maximum Gasteiger partial charge on any atom is 0.195 e. The molecule has 0 amide bonds. The van der Waals surface area contributed by atoms with Gasteiger partial charge in [-0.2, -0.15) is 0 Å². The average Bonchev–Trinajstić information content (AvgIpc) is 3.14. The monoisotopic (exact) mass is 758 g/mol. The number of benzene rings is 4. The van der Waals surface area contributed by atoms with E-state index in [9.17, 15) is 28.8 Å². The van der Waals surface area contributed by atoms with Gasteiger partial charge in [0, 0.05) is 88.3 Å². The van der Waals surface area contributed by atoms with Crippen molar-refractivity contribution in [1.82, 2.24) is 0 Å². The summed E-state index contributed by atoms with van der Waals surface area (Å²) in [5, 5.41) is 2.05. The van der Waals surface area contributed by atoms with Crippen molar-refractivity contribution in [2.24, 2.45) is 11.8 Å². The molecule has 2 aromatic heterocycles. The van der Waals surface area contributed by atoms with Crippen molar-refractivity contribution in [3.05, 3.63) is 115 Å². The zero-order valence-electron chi connectivity index (χ0n) is 31.4. The summed E-state index contributed by atoms with van der Waals surface area (Å²) in [7, 11) is 0. The lowest BCUT2D eigenvalue weighted by atomic mass is 9.99. The van der Waals surface area contributed by atoms with E-state index in [2.05, 4.69) is 0 Å². The molecule has 0 saturated carbocycles. The number of Topliss-reactive ketones (excluding diaryl/α,β-unsaturated/α-hetero) is 4. The second kappa shape index (κ2) is 17.2. The van der Waals surface area contributed by atoms with E-state index in [-0.39, 0.29) is 45.8 Å². The SMILES string of the molecule is CC(C)CC(=O)c1ccc2sc3ccc(C(=O)CCCCCCCCC(=O)c4ccc5sc6ccc(C(=O)CC(C)C)cc6c(=O)c5c4)cc3c(=O)c2c1. The van der Waals surface area contributed by atoms with Gasteiger partial charge in [0.05, 0.1) is 0 Å². The van der Waals surface area contributed by atoms with Crippen LogP contribution in [-0.2, 0) is 0 Å². The van der Waals surface area contributed by atoms with E-state index in [1.165, 1.54) is 22.7 Å². The summed E-state index contributed by atoms with van der Waals surface area (Å²) in [5.74, 6) is 0.536. The maximum absolute atomic E-state index is 13.5. The lowest BCUT2D eigenvalue weighted by molar-refractivity contribution is 0.0959. The Morgan fingerprint density at radius 3 is 1.00 bits per heavy atom. The van der Waals surface area contributed by atoms with Gasteiger partial charge in [-0.15, -0.1) is 22.7 Å². The van der Waals surface area contributed by atoms with Gasteiger partial charge in [-0.3, -0.25) is 28.8 Å². The van der Waals surface area contributed by atoms with Gasteiger partial charge in [-0.25, -0.2) is 0 Å². The molecule has 6 nitrogen and oxygen atoms in total. The van der Waals surface area contributed by atoms with Gasteiger partial charge in [0.2, 0.25) is 0 Å². The zero-order valence-corrected chi connectivity index (χ0v) is 33.1. The van der Waals surface area contributed by atoms with E-state index < -0.39 is 0 Å². The number of hydrogen-bond acceptors (Lipinski definition) is 8. The van der Waals surface area contributed by atoms with E-state index in [1.54, 1.807) is 48.5 Å². The smallest absolute Gasteiger partial charge is 0.195 e. The molecule has 6 rings (SSSR count). The first kappa shape index (κ1) is 39.0. The quantitative estimate of drug-likeness (QED) is 0.0521. The Morgan fingerprint density at radius 1 is 0.426 bits per heavy atom. The van der Waals surface area contributed by atoms with Crippen LogP contribution >= 0.6 is 22.7 Å². The molecule has 4 aromatic carbocycles. The fraction of sp³-hybridized carbons (Fsp3) is 0.348. The first-order valence-electron chi connectivity index (χ1n) is 19.0. The van der Waals surface area contributed by atoms with E-state index in [1.807, 2.05) is 52.0 Å². The van der Waals surface area contributed by atoms with Crippen molar-refractivity contribution in [1.29, 1.82) is 0 Å². The van der Waals surface area contributed by atoms with E-state index in [0.717, 1.165) is 57.3 Å².